The maximum absolute atomic E-state index is 11.2. The first-order valence-corrected chi connectivity index (χ1v) is 7.35. The van der Waals surface area contributed by atoms with Gasteiger partial charge in [0.25, 0.3) is 0 Å². The lowest BCUT2D eigenvalue weighted by Gasteiger charge is -2.07. The van der Waals surface area contributed by atoms with Gasteiger partial charge in [-0.15, -0.1) is 11.3 Å². The monoisotopic (exact) mass is 295 g/mol. The van der Waals surface area contributed by atoms with Gasteiger partial charge in [-0.1, -0.05) is 0 Å². The summed E-state index contributed by atoms with van der Waals surface area (Å²) in [6.45, 7) is 1.46. The van der Waals surface area contributed by atoms with Gasteiger partial charge in [0.2, 0.25) is 0 Å². The molecule has 0 unspecified atom stereocenters. The average Bonchev–Trinajstić information content (AvgIpc) is 2.90. The number of ether oxygens (including phenoxy) is 1. The lowest BCUT2D eigenvalue weighted by atomic mass is 10.2. The number of nitro groups is 1. The van der Waals surface area contributed by atoms with Gasteiger partial charge in [-0.3, -0.25) is 10.1 Å². The smallest absolute Gasteiger partial charge is 0.319 e. The van der Waals surface area contributed by atoms with E-state index in [0.29, 0.717) is 17.7 Å². The fraction of sp³-hybridized carbons (Fsp3) is 0.462. The summed E-state index contributed by atoms with van der Waals surface area (Å²) in [5.74, 6) is 0. The van der Waals surface area contributed by atoms with Crippen molar-refractivity contribution in [3.63, 3.8) is 0 Å². The van der Waals surface area contributed by atoms with Crippen LogP contribution in [0.15, 0.2) is 17.6 Å². The first-order chi connectivity index (χ1) is 9.74. The van der Waals surface area contributed by atoms with Gasteiger partial charge in [-0.05, 0) is 31.4 Å². The lowest BCUT2D eigenvalue weighted by Crippen LogP contribution is -2.05. The first kappa shape index (κ1) is 14.7. The van der Waals surface area contributed by atoms with Crippen LogP contribution in [0.5, 0.6) is 0 Å². The van der Waals surface area contributed by atoms with Crippen LogP contribution in [0.3, 0.4) is 0 Å². The third kappa shape index (κ3) is 3.43. The van der Waals surface area contributed by atoms with Crippen LogP contribution < -0.4 is 5.32 Å². The van der Waals surface area contributed by atoms with E-state index in [2.05, 4.69) is 10.3 Å². The lowest BCUT2D eigenvalue weighted by molar-refractivity contribution is -0.382. The molecule has 0 radical (unpaired) electrons. The van der Waals surface area contributed by atoms with Crippen molar-refractivity contribution in [3.05, 3.63) is 27.8 Å². The molecule has 20 heavy (non-hydrogen) atoms. The molecule has 1 aromatic carbocycles. The summed E-state index contributed by atoms with van der Waals surface area (Å²) >= 11 is 1.41. The number of nitro benzene ring substituents is 1. The second-order valence-corrected chi connectivity index (χ2v) is 5.28. The van der Waals surface area contributed by atoms with Crippen LogP contribution in [0.1, 0.15) is 19.3 Å². The Labute approximate surface area is 120 Å². The molecule has 0 aliphatic rings. The molecule has 0 aliphatic heterocycles. The van der Waals surface area contributed by atoms with Gasteiger partial charge in [-0.2, -0.15) is 0 Å². The number of hydrogen-bond donors (Lipinski definition) is 1. The fourth-order valence-corrected chi connectivity index (χ4v) is 2.69. The molecule has 6 nitrogen and oxygen atoms in total. The number of hydrogen-bond acceptors (Lipinski definition) is 6. The van der Waals surface area contributed by atoms with Crippen LogP contribution in [-0.4, -0.2) is 30.2 Å². The molecule has 0 fully saturated rings. The number of anilines is 1. The maximum Gasteiger partial charge on any atom is 0.319 e. The van der Waals surface area contributed by atoms with E-state index >= 15 is 0 Å². The molecule has 1 heterocycles. The molecule has 2 rings (SSSR count). The number of unbranched alkanes of at least 4 members (excludes halogenated alkanes) is 2. The molecule has 108 valence electrons. The van der Waals surface area contributed by atoms with Crippen molar-refractivity contribution in [3.8, 4) is 0 Å². The summed E-state index contributed by atoms with van der Waals surface area (Å²) in [7, 11) is 1.69. The Morgan fingerprint density at radius 2 is 2.25 bits per heavy atom. The van der Waals surface area contributed by atoms with Crippen LogP contribution in [0, 0.1) is 10.1 Å². The third-order valence-electron chi connectivity index (χ3n) is 3.00. The first-order valence-electron chi connectivity index (χ1n) is 6.47. The number of methoxy groups -OCH3 is 1. The number of rotatable bonds is 8. The maximum atomic E-state index is 11.2. The van der Waals surface area contributed by atoms with Crippen LogP contribution in [-0.2, 0) is 4.74 Å². The normalized spacial score (nSPS) is 10.8. The van der Waals surface area contributed by atoms with Gasteiger partial charge in [0.05, 0.1) is 15.1 Å². The van der Waals surface area contributed by atoms with Gasteiger partial charge in [0.1, 0.15) is 5.69 Å². The van der Waals surface area contributed by atoms with Crippen LogP contribution in [0.25, 0.3) is 10.2 Å². The van der Waals surface area contributed by atoms with Gasteiger partial charge < -0.3 is 10.1 Å². The SMILES string of the molecule is COCCCCCNc1ccc2scnc2c1[N+](=O)[O-]. The van der Waals surface area contributed by atoms with E-state index in [0.717, 1.165) is 30.6 Å². The number of benzene rings is 1. The van der Waals surface area contributed by atoms with Crippen molar-refractivity contribution in [1.29, 1.82) is 0 Å². The van der Waals surface area contributed by atoms with E-state index in [1.807, 2.05) is 6.07 Å². The van der Waals surface area contributed by atoms with Gasteiger partial charge >= 0.3 is 5.69 Å². The van der Waals surface area contributed by atoms with Crippen molar-refractivity contribution in [1.82, 2.24) is 4.98 Å². The third-order valence-corrected chi connectivity index (χ3v) is 3.79. The minimum Gasteiger partial charge on any atom is -0.385 e. The van der Waals surface area contributed by atoms with Gasteiger partial charge in [0, 0.05) is 20.3 Å². The van der Waals surface area contributed by atoms with Crippen LogP contribution >= 0.6 is 11.3 Å². The largest absolute Gasteiger partial charge is 0.385 e. The van der Waals surface area contributed by atoms with E-state index < -0.39 is 0 Å². The molecule has 1 aromatic heterocycles. The number of fused-ring (bicyclic) bond motifs is 1. The molecule has 0 bridgehead atoms. The van der Waals surface area contributed by atoms with Crippen LogP contribution in [0.2, 0.25) is 0 Å². The predicted octanol–water partition coefficient (Wildman–Crippen LogP) is 3.43. The zero-order valence-electron chi connectivity index (χ0n) is 11.3. The van der Waals surface area contributed by atoms with Crippen LogP contribution in [0.4, 0.5) is 11.4 Å². The second-order valence-electron chi connectivity index (χ2n) is 4.40. The number of thiazole rings is 1. The van der Waals surface area contributed by atoms with E-state index in [1.54, 1.807) is 18.7 Å². The average molecular weight is 295 g/mol. The molecule has 0 amide bonds. The molecule has 0 saturated carbocycles. The van der Waals surface area contributed by atoms with Crippen molar-refractivity contribution < 1.29 is 9.66 Å². The molecule has 7 heteroatoms. The molecule has 2 aromatic rings. The number of nitrogens with zero attached hydrogens (tertiary/aromatic N) is 2. The Morgan fingerprint density at radius 3 is 3.00 bits per heavy atom. The van der Waals surface area contributed by atoms with Crippen molar-refractivity contribution in [2.24, 2.45) is 0 Å². The highest BCUT2D eigenvalue weighted by atomic mass is 32.1. The topological polar surface area (TPSA) is 77.3 Å². The van der Waals surface area contributed by atoms with E-state index in [9.17, 15) is 10.1 Å². The Kier molecular flexibility index (Phi) is 5.25. The summed E-state index contributed by atoms with van der Waals surface area (Å²) in [5.41, 5.74) is 2.71. The molecule has 0 saturated heterocycles. The molecule has 1 N–H and O–H groups in total. The zero-order valence-corrected chi connectivity index (χ0v) is 12.1. The highest BCUT2D eigenvalue weighted by Crippen LogP contribution is 2.34. The molecule has 0 spiro atoms. The number of nitrogens with one attached hydrogen (secondary N) is 1. The summed E-state index contributed by atoms with van der Waals surface area (Å²) in [5, 5.41) is 14.4. The Morgan fingerprint density at radius 1 is 1.40 bits per heavy atom. The molecule has 0 aliphatic carbocycles. The van der Waals surface area contributed by atoms with Crippen molar-refractivity contribution in [2.75, 3.05) is 25.6 Å². The number of aromatic nitrogens is 1. The Hall–Kier alpha value is -1.73. The van der Waals surface area contributed by atoms with Gasteiger partial charge in [0.15, 0.2) is 5.52 Å². The highest BCUT2D eigenvalue weighted by Gasteiger charge is 2.20. The quantitative estimate of drug-likeness (QED) is 0.458. The zero-order chi connectivity index (χ0) is 14.4. The van der Waals surface area contributed by atoms with E-state index in [1.165, 1.54) is 11.3 Å². The standard InChI is InChI=1S/C13H17N3O3S/c1-19-8-4-2-3-7-14-10-5-6-11-12(15-9-20-11)13(10)16(17)18/h5-6,9,14H,2-4,7-8H2,1H3. The summed E-state index contributed by atoms with van der Waals surface area (Å²) in [6, 6.07) is 3.63. The highest BCUT2D eigenvalue weighted by molar-refractivity contribution is 7.16. The molecule has 0 atom stereocenters. The van der Waals surface area contributed by atoms with Gasteiger partial charge in [-0.25, -0.2) is 4.98 Å². The fourth-order valence-electron chi connectivity index (χ4n) is 2.02. The van der Waals surface area contributed by atoms with Crippen molar-refractivity contribution >= 4 is 32.9 Å². The van der Waals surface area contributed by atoms with E-state index in [-0.39, 0.29) is 10.6 Å². The Balaban J connectivity index is 2.02. The summed E-state index contributed by atoms with van der Waals surface area (Å²) in [6.07, 6.45) is 2.99. The van der Waals surface area contributed by atoms with E-state index in [4.69, 9.17) is 4.74 Å². The minimum absolute atomic E-state index is 0.0700. The minimum atomic E-state index is -0.366. The summed E-state index contributed by atoms with van der Waals surface area (Å²) < 4.78 is 5.82. The second kappa shape index (κ2) is 7.16. The molecular weight excluding hydrogens is 278 g/mol. The molecular formula is C13H17N3O3S. The van der Waals surface area contributed by atoms with Crippen molar-refractivity contribution in [2.45, 2.75) is 19.3 Å². The Bertz CT molecular complexity index is 585. The predicted molar refractivity (Wildman–Crippen MR) is 80.5 cm³/mol. The summed E-state index contributed by atoms with van der Waals surface area (Å²) in [4.78, 5) is 14.9.